The highest BCUT2D eigenvalue weighted by atomic mass is 16.1. The van der Waals surface area contributed by atoms with Crippen molar-refractivity contribution in [1.29, 1.82) is 0 Å². The van der Waals surface area contributed by atoms with Crippen LogP contribution in [0.5, 0.6) is 0 Å². The fraction of sp³-hybridized carbons (Fsp3) is 0.0556. The Morgan fingerprint density at radius 2 is 1.74 bits per heavy atom. The highest BCUT2D eigenvalue weighted by Gasteiger charge is 2.28. The topological polar surface area (TPSA) is 17.1 Å². The van der Waals surface area contributed by atoms with E-state index in [4.69, 9.17) is 0 Å². The molecule has 1 aliphatic carbocycles. The molecule has 0 amide bonds. The number of hydrogen-bond acceptors (Lipinski definition) is 1. The summed E-state index contributed by atoms with van der Waals surface area (Å²) in [7, 11) is 0. The summed E-state index contributed by atoms with van der Waals surface area (Å²) in [4.78, 5) is 12.4. The third kappa shape index (κ3) is 1.66. The Hall–Kier alpha value is -2.41. The second-order valence-electron chi connectivity index (χ2n) is 4.69. The van der Waals surface area contributed by atoms with Crippen LogP contribution in [0.25, 0.3) is 17.2 Å². The van der Waals surface area contributed by atoms with Gasteiger partial charge in [-0.1, -0.05) is 61.2 Å². The molecule has 0 heterocycles. The van der Waals surface area contributed by atoms with Crippen LogP contribution in [-0.4, -0.2) is 5.78 Å². The van der Waals surface area contributed by atoms with Crippen LogP contribution in [0, 0.1) is 6.92 Å². The predicted octanol–water partition coefficient (Wildman–Crippen LogP) is 4.41. The van der Waals surface area contributed by atoms with Gasteiger partial charge in [0.25, 0.3) is 0 Å². The van der Waals surface area contributed by atoms with Crippen molar-refractivity contribution in [3.05, 3.63) is 77.4 Å². The van der Waals surface area contributed by atoms with Crippen LogP contribution in [0.15, 0.2) is 55.1 Å². The van der Waals surface area contributed by atoms with Gasteiger partial charge in [-0.25, -0.2) is 0 Å². The molecule has 3 rings (SSSR count). The largest absolute Gasteiger partial charge is 0.289 e. The second-order valence-corrected chi connectivity index (χ2v) is 4.69. The number of carbonyl (C=O) groups excluding carboxylic acids is 1. The third-order valence-corrected chi connectivity index (χ3v) is 3.55. The Bertz CT molecular complexity index is 720. The number of hydrogen-bond donors (Lipinski definition) is 0. The Morgan fingerprint density at radius 1 is 1.00 bits per heavy atom. The molecule has 2 aromatic carbocycles. The molecule has 0 aromatic heterocycles. The fourth-order valence-corrected chi connectivity index (χ4v) is 2.63. The van der Waals surface area contributed by atoms with E-state index in [1.807, 2.05) is 48.6 Å². The number of ketones is 1. The SMILES string of the molecule is C=C/C=C\c1c(C)ccc2c1-c1ccccc1C2=O. The van der Waals surface area contributed by atoms with Gasteiger partial charge in [0.2, 0.25) is 0 Å². The molecule has 0 saturated carbocycles. The van der Waals surface area contributed by atoms with Crippen molar-refractivity contribution < 1.29 is 4.79 Å². The van der Waals surface area contributed by atoms with Gasteiger partial charge in [-0.2, -0.15) is 0 Å². The maximum Gasteiger partial charge on any atom is 0.194 e. The number of carbonyl (C=O) groups is 1. The lowest BCUT2D eigenvalue weighted by atomic mass is 9.95. The predicted molar refractivity (Wildman–Crippen MR) is 79.3 cm³/mol. The molecule has 0 fully saturated rings. The zero-order valence-electron chi connectivity index (χ0n) is 10.8. The van der Waals surface area contributed by atoms with Crippen molar-refractivity contribution >= 4 is 11.9 Å². The van der Waals surface area contributed by atoms with Gasteiger partial charge in [-0.3, -0.25) is 4.79 Å². The van der Waals surface area contributed by atoms with E-state index in [0.29, 0.717) is 0 Å². The molecule has 0 radical (unpaired) electrons. The molecule has 2 aromatic rings. The molecule has 0 unspecified atom stereocenters. The maximum absolute atomic E-state index is 12.4. The summed E-state index contributed by atoms with van der Waals surface area (Å²) in [5.41, 5.74) is 5.97. The molecular formula is C18H14O. The molecule has 0 atom stereocenters. The number of rotatable bonds is 2. The number of aryl methyl sites for hydroxylation is 1. The Morgan fingerprint density at radius 3 is 2.47 bits per heavy atom. The lowest BCUT2D eigenvalue weighted by molar-refractivity contribution is 0.104. The van der Waals surface area contributed by atoms with Crippen molar-refractivity contribution in [2.45, 2.75) is 6.92 Å². The first kappa shape index (κ1) is 11.7. The maximum atomic E-state index is 12.4. The van der Waals surface area contributed by atoms with Crippen molar-refractivity contribution in [3.63, 3.8) is 0 Å². The van der Waals surface area contributed by atoms with Crippen LogP contribution in [-0.2, 0) is 0 Å². The summed E-state index contributed by atoms with van der Waals surface area (Å²) >= 11 is 0. The Labute approximate surface area is 112 Å². The lowest BCUT2D eigenvalue weighted by Gasteiger charge is -2.08. The number of fused-ring (bicyclic) bond motifs is 3. The van der Waals surface area contributed by atoms with Gasteiger partial charge in [0.1, 0.15) is 0 Å². The summed E-state index contributed by atoms with van der Waals surface area (Å²) in [5.74, 6) is 0.124. The molecule has 0 N–H and O–H groups in total. The molecule has 19 heavy (non-hydrogen) atoms. The molecule has 0 bridgehead atoms. The highest BCUT2D eigenvalue weighted by Crippen LogP contribution is 2.40. The summed E-state index contributed by atoms with van der Waals surface area (Å²) in [6.45, 7) is 5.77. The second kappa shape index (κ2) is 4.36. The molecule has 1 aliphatic rings. The molecule has 1 nitrogen and oxygen atoms in total. The molecular weight excluding hydrogens is 232 g/mol. The number of benzene rings is 2. The first-order chi connectivity index (χ1) is 9.24. The monoisotopic (exact) mass is 246 g/mol. The Balaban J connectivity index is 2.36. The van der Waals surface area contributed by atoms with Crippen LogP contribution in [0.2, 0.25) is 0 Å². The van der Waals surface area contributed by atoms with Crippen LogP contribution in [0.1, 0.15) is 27.0 Å². The van der Waals surface area contributed by atoms with E-state index in [1.54, 1.807) is 6.08 Å². The Kier molecular flexibility index (Phi) is 2.68. The minimum Gasteiger partial charge on any atom is -0.289 e. The quantitative estimate of drug-likeness (QED) is 0.612. The van der Waals surface area contributed by atoms with E-state index in [9.17, 15) is 4.79 Å². The zero-order valence-corrected chi connectivity index (χ0v) is 10.8. The smallest absolute Gasteiger partial charge is 0.194 e. The van der Waals surface area contributed by atoms with Crippen molar-refractivity contribution in [2.75, 3.05) is 0 Å². The summed E-state index contributed by atoms with van der Waals surface area (Å²) < 4.78 is 0. The van der Waals surface area contributed by atoms with Gasteiger partial charge >= 0.3 is 0 Å². The van der Waals surface area contributed by atoms with E-state index in [1.165, 1.54) is 5.56 Å². The third-order valence-electron chi connectivity index (χ3n) is 3.55. The first-order valence-corrected chi connectivity index (χ1v) is 6.31. The van der Waals surface area contributed by atoms with E-state index >= 15 is 0 Å². The van der Waals surface area contributed by atoms with Crippen LogP contribution in [0.3, 0.4) is 0 Å². The fourth-order valence-electron chi connectivity index (χ4n) is 2.63. The van der Waals surface area contributed by atoms with Gasteiger partial charge in [0.05, 0.1) is 0 Å². The molecule has 0 aliphatic heterocycles. The summed E-state index contributed by atoms with van der Waals surface area (Å²) in [5, 5.41) is 0. The van der Waals surface area contributed by atoms with Crippen LogP contribution >= 0.6 is 0 Å². The van der Waals surface area contributed by atoms with Gasteiger partial charge in [-0.05, 0) is 23.6 Å². The van der Waals surface area contributed by atoms with Gasteiger partial charge < -0.3 is 0 Å². The summed E-state index contributed by atoms with van der Waals surface area (Å²) in [6.07, 6.45) is 5.69. The minimum atomic E-state index is 0.124. The average molecular weight is 246 g/mol. The van der Waals surface area contributed by atoms with Crippen LogP contribution < -0.4 is 0 Å². The van der Waals surface area contributed by atoms with E-state index < -0.39 is 0 Å². The average Bonchev–Trinajstić information content (AvgIpc) is 2.72. The molecule has 1 heteroatoms. The van der Waals surface area contributed by atoms with Gasteiger partial charge in [0, 0.05) is 16.7 Å². The van der Waals surface area contributed by atoms with Gasteiger partial charge in [-0.15, -0.1) is 0 Å². The van der Waals surface area contributed by atoms with Crippen LogP contribution in [0.4, 0.5) is 0 Å². The summed E-state index contributed by atoms with van der Waals surface area (Å²) in [6, 6.07) is 11.7. The minimum absolute atomic E-state index is 0.124. The molecule has 0 spiro atoms. The number of allylic oxidation sites excluding steroid dienone is 2. The van der Waals surface area contributed by atoms with Crippen molar-refractivity contribution in [3.8, 4) is 11.1 Å². The van der Waals surface area contributed by atoms with E-state index in [-0.39, 0.29) is 5.78 Å². The lowest BCUT2D eigenvalue weighted by Crippen LogP contribution is -1.95. The van der Waals surface area contributed by atoms with E-state index in [0.717, 1.165) is 27.8 Å². The molecule has 0 saturated heterocycles. The standard InChI is InChI=1S/C18H14O/c1-3-4-7-13-12(2)10-11-16-17(13)14-8-5-6-9-15(14)18(16)19/h3-11H,1H2,2H3/b7-4-. The van der Waals surface area contributed by atoms with Crippen molar-refractivity contribution in [2.24, 2.45) is 0 Å². The normalized spacial score (nSPS) is 12.6. The molecule has 92 valence electrons. The van der Waals surface area contributed by atoms with E-state index in [2.05, 4.69) is 13.5 Å². The zero-order chi connectivity index (χ0) is 13.4. The van der Waals surface area contributed by atoms with Gasteiger partial charge in [0.15, 0.2) is 5.78 Å². The first-order valence-electron chi connectivity index (χ1n) is 6.31. The van der Waals surface area contributed by atoms with Crippen molar-refractivity contribution in [1.82, 2.24) is 0 Å². The highest BCUT2D eigenvalue weighted by molar-refractivity contribution is 6.22.